The van der Waals surface area contributed by atoms with Gasteiger partial charge < -0.3 is 0 Å². The molecule has 0 amide bonds. The van der Waals surface area contributed by atoms with Crippen LogP contribution >= 0.6 is 0 Å². The smallest absolute Gasteiger partial charge is 0.00366 e. The molecule has 1 aromatic rings. The van der Waals surface area contributed by atoms with Crippen molar-refractivity contribution in [2.24, 2.45) is 0 Å². The molecule has 1 aromatic carbocycles. The minimum Gasteiger partial charge on any atom is -0.0836 e. The van der Waals surface area contributed by atoms with Crippen molar-refractivity contribution in [2.45, 2.75) is 26.7 Å². The van der Waals surface area contributed by atoms with Crippen LogP contribution in [0.1, 0.15) is 32.3 Å². The van der Waals surface area contributed by atoms with Crippen LogP contribution in [0, 0.1) is 12.1 Å². The molecule has 72 valence electrons. The van der Waals surface area contributed by atoms with E-state index in [2.05, 4.69) is 36.4 Å². The lowest BCUT2D eigenvalue weighted by atomic mass is 10.0. The van der Waals surface area contributed by atoms with Crippen molar-refractivity contribution < 1.29 is 0 Å². The molecular formula is C14H16. The number of allylic oxidation sites excluding steroid dienone is 4. The van der Waals surface area contributed by atoms with Gasteiger partial charge in [0.25, 0.3) is 0 Å². The third-order valence-electron chi connectivity index (χ3n) is 1.99. The molecule has 0 aromatic heterocycles. The largest absolute Gasteiger partial charge is 0.0836 e. The number of rotatable bonds is 1. The molecular weight excluding hydrogens is 168 g/mol. The second-order valence-corrected chi connectivity index (χ2v) is 2.86. The molecule has 0 aliphatic heterocycles. The molecule has 14 heavy (non-hydrogen) atoms. The summed E-state index contributed by atoms with van der Waals surface area (Å²) in [4.78, 5) is 0. The molecule has 0 radical (unpaired) electrons. The van der Waals surface area contributed by atoms with Gasteiger partial charge in [0.2, 0.25) is 0 Å². The molecule has 0 fully saturated rings. The van der Waals surface area contributed by atoms with E-state index in [9.17, 15) is 0 Å². The first-order valence-electron chi connectivity index (χ1n) is 5.22. The second-order valence-electron chi connectivity index (χ2n) is 2.86. The van der Waals surface area contributed by atoms with Crippen LogP contribution in [0.5, 0.6) is 0 Å². The van der Waals surface area contributed by atoms with E-state index in [0.717, 1.165) is 6.42 Å². The summed E-state index contributed by atoms with van der Waals surface area (Å²) in [6.07, 6.45) is 8.98. The molecule has 1 aliphatic rings. The lowest BCUT2D eigenvalue weighted by Gasteiger charge is -2.04. The third-order valence-corrected chi connectivity index (χ3v) is 1.99. The zero-order valence-electron chi connectivity index (χ0n) is 8.88. The van der Waals surface area contributed by atoms with Gasteiger partial charge in [0.15, 0.2) is 0 Å². The fraction of sp³-hybridized carbons (Fsp3) is 0.286. The number of hydrogen-bond acceptors (Lipinski definition) is 0. The summed E-state index contributed by atoms with van der Waals surface area (Å²) in [6.45, 7) is 4.00. The van der Waals surface area contributed by atoms with Crippen LogP contribution in [-0.2, 0) is 0 Å². The molecule has 0 bridgehead atoms. The predicted molar refractivity (Wildman–Crippen MR) is 61.8 cm³/mol. The topological polar surface area (TPSA) is 0 Å². The minimum atomic E-state index is 1.16. The highest BCUT2D eigenvalue weighted by Gasteiger charge is 1.98. The Kier molecular flexibility index (Phi) is 4.58. The Morgan fingerprint density at radius 2 is 2.00 bits per heavy atom. The molecule has 0 N–H and O–H groups in total. The Hall–Kier alpha value is -1.48. The van der Waals surface area contributed by atoms with Gasteiger partial charge in [-0.2, -0.15) is 0 Å². The van der Waals surface area contributed by atoms with Gasteiger partial charge in [0.05, 0.1) is 0 Å². The van der Waals surface area contributed by atoms with Gasteiger partial charge in [-0.1, -0.05) is 44.2 Å². The SMILES string of the molecule is CC.c1ccc(C2=CCCC=C2)cc#1. The van der Waals surface area contributed by atoms with Crippen molar-refractivity contribution >= 4 is 5.57 Å². The molecule has 0 saturated heterocycles. The number of hydrogen-bond donors (Lipinski definition) is 0. The fourth-order valence-electron chi connectivity index (χ4n) is 1.35. The highest BCUT2D eigenvalue weighted by Crippen LogP contribution is 2.19. The molecule has 1 aliphatic carbocycles. The van der Waals surface area contributed by atoms with E-state index in [-0.39, 0.29) is 0 Å². The first-order chi connectivity index (χ1) is 6.97. The van der Waals surface area contributed by atoms with Crippen LogP contribution in [0.4, 0.5) is 0 Å². The average molecular weight is 184 g/mol. The quantitative estimate of drug-likeness (QED) is 0.617. The summed E-state index contributed by atoms with van der Waals surface area (Å²) in [7, 11) is 0. The fourth-order valence-corrected chi connectivity index (χ4v) is 1.35. The molecule has 2 rings (SSSR count). The van der Waals surface area contributed by atoms with Crippen LogP contribution in [0.3, 0.4) is 0 Å². The van der Waals surface area contributed by atoms with Gasteiger partial charge in [-0.3, -0.25) is 0 Å². The van der Waals surface area contributed by atoms with Gasteiger partial charge >= 0.3 is 0 Å². The van der Waals surface area contributed by atoms with E-state index in [1.165, 1.54) is 17.6 Å². The van der Waals surface area contributed by atoms with E-state index in [1.54, 1.807) is 0 Å². The zero-order valence-corrected chi connectivity index (χ0v) is 8.88. The highest BCUT2D eigenvalue weighted by molar-refractivity contribution is 5.74. The predicted octanol–water partition coefficient (Wildman–Crippen LogP) is 4.05. The monoisotopic (exact) mass is 184 g/mol. The molecule has 0 nitrogen and oxygen atoms in total. The Morgan fingerprint density at radius 1 is 1.14 bits per heavy atom. The van der Waals surface area contributed by atoms with Crippen LogP contribution in [-0.4, -0.2) is 0 Å². The second kappa shape index (κ2) is 6.05. The maximum absolute atomic E-state index is 2.96. The third kappa shape index (κ3) is 2.78. The van der Waals surface area contributed by atoms with Crippen LogP contribution in [0.15, 0.2) is 36.4 Å². The van der Waals surface area contributed by atoms with E-state index in [1.807, 2.05) is 26.0 Å². The summed E-state index contributed by atoms with van der Waals surface area (Å²) in [5, 5.41) is 0. The summed E-state index contributed by atoms with van der Waals surface area (Å²) >= 11 is 0. The molecule has 0 saturated carbocycles. The molecule has 0 unspecified atom stereocenters. The first kappa shape index (κ1) is 10.6. The first-order valence-corrected chi connectivity index (χ1v) is 5.22. The van der Waals surface area contributed by atoms with Crippen molar-refractivity contribution in [3.05, 3.63) is 54.1 Å². The van der Waals surface area contributed by atoms with Gasteiger partial charge in [0, 0.05) is 0 Å². The van der Waals surface area contributed by atoms with Gasteiger partial charge in [-0.25, -0.2) is 0 Å². The Morgan fingerprint density at radius 3 is 2.57 bits per heavy atom. The van der Waals surface area contributed by atoms with Crippen LogP contribution < -0.4 is 0 Å². The zero-order chi connectivity index (χ0) is 10.2. The minimum absolute atomic E-state index is 1.16. The molecule has 0 heteroatoms. The standard InChI is InChI=1S/C12H10.C2H6/c1-3-7-11(8-4-1)12-9-5-2-6-10-12;1-2/h3,5,7-10H,1,4H2;1-2H3. The summed E-state index contributed by atoms with van der Waals surface area (Å²) in [5.41, 5.74) is 2.55. The van der Waals surface area contributed by atoms with Gasteiger partial charge in [0.1, 0.15) is 0 Å². The van der Waals surface area contributed by atoms with E-state index < -0.39 is 0 Å². The van der Waals surface area contributed by atoms with Crippen LogP contribution in [0.25, 0.3) is 5.57 Å². The summed E-state index contributed by atoms with van der Waals surface area (Å²) in [5.74, 6) is 0. The maximum Gasteiger partial charge on any atom is -0.00366 e. The Bertz CT molecular complexity index is 304. The van der Waals surface area contributed by atoms with Crippen molar-refractivity contribution in [1.82, 2.24) is 0 Å². The Labute approximate surface area is 87.0 Å². The average Bonchev–Trinajstić information content (AvgIpc) is 2.34. The van der Waals surface area contributed by atoms with Gasteiger partial charge in [-0.15, -0.1) is 0 Å². The van der Waals surface area contributed by atoms with E-state index in [0.29, 0.717) is 0 Å². The lowest BCUT2D eigenvalue weighted by Crippen LogP contribution is -1.83. The van der Waals surface area contributed by atoms with Gasteiger partial charge in [-0.05, 0) is 42.2 Å². The van der Waals surface area contributed by atoms with E-state index >= 15 is 0 Å². The summed E-state index contributed by atoms with van der Waals surface area (Å²) < 4.78 is 0. The van der Waals surface area contributed by atoms with Crippen molar-refractivity contribution in [2.75, 3.05) is 0 Å². The van der Waals surface area contributed by atoms with Crippen molar-refractivity contribution in [3.63, 3.8) is 0 Å². The van der Waals surface area contributed by atoms with E-state index in [4.69, 9.17) is 0 Å². The van der Waals surface area contributed by atoms with Crippen molar-refractivity contribution in [3.8, 4) is 0 Å². The highest BCUT2D eigenvalue weighted by atomic mass is 14.0. The molecule has 0 atom stereocenters. The lowest BCUT2D eigenvalue weighted by molar-refractivity contribution is 1.04. The normalized spacial score (nSPS) is 13.4. The maximum atomic E-state index is 2.96. The summed E-state index contributed by atoms with van der Waals surface area (Å²) in [6, 6.07) is 11.8. The molecule has 0 spiro atoms. The Balaban J connectivity index is 0.000000461. The van der Waals surface area contributed by atoms with Crippen LogP contribution in [0.2, 0.25) is 0 Å². The van der Waals surface area contributed by atoms with Crippen molar-refractivity contribution in [1.29, 1.82) is 0 Å². The molecule has 0 heterocycles.